The van der Waals surface area contributed by atoms with Crippen molar-refractivity contribution in [2.75, 3.05) is 20.6 Å². The molecule has 5 heteroatoms. The fourth-order valence-corrected chi connectivity index (χ4v) is 1.37. The third kappa shape index (κ3) is 5.22. The number of hydrogen-bond donors (Lipinski definition) is 0. The molecule has 0 N–H and O–H groups in total. The zero-order valence-corrected chi connectivity index (χ0v) is 12.9. The third-order valence-electron chi connectivity index (χ3n) is 2.36. The van der Waals surface area contributed by atoms with E-state index in [0.29, 0.717) is 11.3 Å². The smallest absolute Gasteiger partial charge is 0.324 e. The number of allylic oxidation sites excluding steroid dienone is 1. The third-order valence-corrected chi connectivity index (χ3v) is 2.36. The quantitative estimate of drug-likeness (QED) is 0.795. The van der Waals surface area contributed by atoms with Crippen LogP contribution in [0.1, 0.15) is 31.1 Å². The van der Waals surface area contributed by atoms with Crippen molar-refractivity contribution in [1.82, 2.24) is 14.8 Å². The maximum atomic E-state index is 12.0. The van der Waals surface area contributed by atoms with Gasteiger partial charge in [-0.05, 0) is 19.1 Å². The van der Waals surface area contributed by atoms with E-state index in [9.17, 15) is 9.59 Å². The van der Waals surface area contributed by atoms with E-state index >= 15 is 0 Å². The van der Waals surface area contributed by atoms with Gasteiger partial charge in [-0.1, -0.05) is 20.4 Å². The molecule has 0 unspecified atom stereocenters. The summed E-state index contributed by atoms with van der Waals surface area (Å²) in [5.74, 6) is -0.165. The summed E-state index contributed by atoms with van der Waals surface area (Å²) in [5.41, 5.74) is 1.02. The molecule has 0 aliphatic heterocycles. The normalized spacial score (nSPS) is 9.05. The number of amides is 2. The standard InChI is InChI=1S/C13H17N3O2.C2H6/c1-10(2)16(13(18)15(3)4)9-12(17)11-6-5-7-14-8-11;1-2/h5-8H,1,9H2,2-4H3;1-2H3. The van der Waals surface area contributed by atoms with Crippen molar-refractivity contribution < 1.29 is 9.59 Å². The molecule has 0 fully saturated rings. The summed E-state index contributed by atoms with van der Waals surface area (Å²) in [4.78, 5) is 30.5. The lowest BCUT2D eigenvalue weighted by molar-refractivity contribution is 0.0948. The largest absolute Gasteiger partial charge is 0.330 e. The van der Waals surface area contributed by atoms with Gasteiger partial charge in [0.2, 0.25) is 0 Å². The van der Waals surface area contributed by atoms with Crippen molar-refractivity contribution in [3.63, 3.8) is 0 Å². The van der Waals surface area contributed by atoms with Gasteiger partial charge in [0.1, 0.15) is 0 Å². The van der Waals surface area contributed by atoms with Crippen LogP contribution >= 0.6 is 0 Å². The van der Waals surface area contributed by atoms with Gasteiger partial charge in [0.15, 0.2) is 5.78 Å². The molecule has 0 saturated heterocycles. The molecule has 5 nitrogen and oxygen atoms in total. The number of hydrogen-bond acceptors (Lipinski definition) is 3. The van der Waals surface area contributed by atoms with E-state index in [1.54, 1.807) is 39.3 Å². The maximum Gasteiger partial charge on any atom is 0.324 e. The van der Waals surface area contributed by atoms with Gasteiger partial charge in [0.05, 0.1) is 6.54 Å². The fourth-order valence-electron chi connectivity index (χ4n) is 1.37. The molecule has 20 heavy (non-hydrogen) atoms. The predicted molar refractivity (Wildman–Crippen MR) is 80.5 cm³/mol. The molecule has 0 atom stereocenters. The topological polar surface area (TPSA) is 53.5 Å². The highest BCUT2D eigenvalue weighted by molar-refractivity contribution is 5.99. The number of carbonyl (C=O) groups is 2. The second-order valence-electron chi connectivity index (χ2n) is 4.16. The highest BCUT2D eigenvalue weighted by Crippen LogP contribution is 2.07. The van der Waals surface area contributed by atoms with E-state index in [4.69, 9.17) is 0 Å². The van der Waals surface area contributed by atoms with E-state index in [1.807, 2.05) is 13.8 Å². The number of Topliss-reactive ketones (excluding diaryl/α,β-unsaturated/α-hetero) is 1. The first-order valence-corrected chi connectivity index (χ1v) is 6.51. The Kier molecular flexibility index (Phi) is 7.89. The molecule has 0 aromatic carbocycles. The predicted octanol–water partition coefficient (Wildman–Crippen LogP) is 2.81. The van der Waals surface area contributed by atoms with Crippen molar-refractivity contribution in [2.24, 2.45) is 0 Å². The minimum atomic E-state index is -0.264. The Morgan fingerprint density at radius 2 is 1.90 bits per heavy atom. The van der Waals surface area contributed by atoms with E-state index in [2.05, 4.69) is 11.6 Å². The molecule has 0 aliphatic carbocycles. The summed E-state index contributed by atoms with van der Waals surface area (Å²) < 4.78 is 0. The van der Waals surface area contributed by atoms with Crippen LogP contribution < -0.4 is 0 Å². The van der Waals surface area contributed by atoms with Crippen molar-refractivity contribution in [3.05, 3.63) is 42.4 Å². The molecule has 0 spiro atoms. The van der Waals surface area contributed by atoms with E-state index in [0.717, 1.165) is 0 Å². The molecule has 0 bridgehead atoms. The van der Waals surface area contributed by atoms with Crippen molar-refractivity contribution >= 4 is 11.8 Å². The number of ketones is 1. The summed E-state index contributed by atoms with van der Waals surface area (Å²) in [7, 11) is 3.26. The van der Waals surface area contributed by atoms with Gasteiger partial charge in [-0.15, -0.1) is 0 Å². The van der Waals surface area contributed by atoms with Gasteiger partial charge in [0.25, 0.3) is 0 Å². The highest BCUT2D eigenvalue weighted by Gasteiger charge is 2.20. The van der Waals surface area contributed by atoms with Crippen LogP contribution in [-0.2, 0) is 0 Å². The van der Waals surface area contributed by atoms with Crippen molar-refractivity contribution in [1.29, 1.82) is 0 Å². The van der Waals surface area contributed by atoms with Gasteiger partial charge in [0, 0.05) is 37.7 Å². The monoisotopic (exact) mass is 277 g/mol. The van der Waals surface area contributed by atoms with Gasteiger partial charge in [-0.2, -0.15) is 0 Å². The van der Waals surface area contributed by atoms with Crippen LogP contribution in [0, 0.1) is 0 Å². The molecule has 0 saturated carbocycles. The molecular weight excluding hydrogens is 254 g/mol. The number of nitrogens with zero attached hydrogens (tertiary/aromatic N) is 3. The second-order valence-corrected chi connectivity index (χ2v) is 4.16. The van der Waals surface area contributed by atoms with Gasteiger partial charge < -0.3 is 4.90 Å². The van der Waals surface area contributed by atoms with Gasteiger partial charge >= 0.3 is 6.03 Å². The Labute approximate surface area is 120 Å². The number of urea groups is 1. The van der Waals surface area contributed by atoms with Crippen LogP contribution in [0.5, 0.6) is 0 Å². The average Bonchev–Trinajstić information content (AvgIpc) is 2.46. The minimum absolute atomic E-state index is 0.0297. The summed E-state index contributed by atoms with van der Waals surface area (Å²) >= 11 is 0. The molecule has 1 aromatic heterocycles. The van der Waals surface area contributed by atoms with Crippen LogP contribution in [-0.4, -0.2) is 47.2 Å². The summed E-state index contributed by atoms with van der Waals surface area (Å²) in [6, 6.07) is 3.10. The first-order chi connectivity index (χ1) is 9.43. The van der Waals surface area contributed by atoms with Crippen LogP contribution in [0.4, 0.5) is 4.79 Å². The van der Waals surface area contributed by atoms with E-state index < -0.39 is 0 Å². The Morgan fingerprint density at radius 1 is 1.30 bits per heavy atom. The Morgan fingerprint density at radius 3 is 2.30 bits per heavy atom. The lowest BCUT2D eigenvalue weighted by Crippen LogP contribution is -2.40. The summed E-state index contributed by atoms with van der Waals surface area (Å²) in [6.07, 6.45) is 3.08. The second kappa shape index (κ2) is 8.85. The van der Waals surface area contributed by atoms with Crippen LogP contribution in [0.2, 0.25) is 0 Å². The molecule has 0 aliphatic rings. The van der Waals surface area contributed by atoms with Crippen LogP contribution in [0.15, 0.2) is 36.8 Å². The minimum Gasteiger partial charge on any atom is -0.330 e. The molecule has 2 amide bonds. The zero-order chi connectivity index (χ0) is 15.7. The van der Waals surface area contributed by atoms with Crippen molar-refractivity contribution in [2.45, 2.75) is 20.8 Å². The maximum absolute atomic E-state index is 12.0. The van der Waals surface area contributed by atoms with Crippen LogP contribution in [0.3, 0.4) is 0 Å². The molecule has 1 rings (SSSR count). The SMILES string of the molecule is C=C(C)N(CC(=O)c1cccnc1)C(=O)N(C)C.CC. The highest BCUT2D eigenvalue weighted by atomic mass is 16.2. The fraction of sp³-hybridized carbons (Fsp3) is 0.400. The Hall–Kier alpha value is -2.17. The summed E-state index contributed by atoms with van der Waals surface area (Å²) in [5, 5.41) is 0. The molecule has 1 heterocycles. The lowest BCUT2D eigenvalue weighted by Gasteiger charge is -2.25. The molecule has 1 aromatic rings. The van der Waals surface area contributed by atoms with Crippen LogP contribution in [0.25, 0.3) is 0 Å². The number of aromatic nitrogens is 1. The number of pyridine rings is 1. The zero-order valence-electron chi connectivity index (χ0n) is 12.9. The van der Waals surface area contributed by atoms with Gasteiger partial charge in [-0.3, -0.25) is 14.7 Å². The first kappa shape index (κ1) is 17.8. The average molecular weight is 277 g/mol. The number of rotatable bonds is 4. The van der Waals surface area contributed by atoms with Gasteiger partial charge in [-0.25, -0.2) is 4.79 Å². The van der Waals surface area contributed by atoms with E-state index in [1.165, 1.54) is 16.0 Å². The molecule has 110 valence electrons. The number of carbonyl (C=O) groups excluding carboxylic acids is 2. The first-order valence-electron chi connectivity index (χ1n) is 6.51. The lowest BCUT2D eigenvalue weighted by atomic mass is 10.2. The molecular formula is C15H23N3O2. The summed E-state index contributed by atoms with van der Waals surface area (Å²) in [6.45, 7) is 9.38. The molecule has 0 radical (unpaired) electrons. The Balaban J connectivity index is 0.00000172. The van der Waals surface area contributed by atoms with Crippen molar-refractivity contribution in [3.8, 4) is 0 Å². The Bertz CT molecular complexity index is 455. The van der Waals surface area contributed by atoms with E-state index in [-0.39, 0.29) is 18.4 Å².